The summed E-state index contributed by atoms with van der Waals surface area (Å²) in [4.78, 5) is 28.6. The van der Waals surface area contributed by atoms with E-state index in [1.165, 1.54) is 16.9 Å². The smallest absolute Gasteiger partial charge is 0.228 e. The lowest BCUT2D eigenvalue weighted by atomic mass is 9.96. The minimum Gasteiger partial charge on any atom is -0.352 e. The third kappa shape index (κ3) is 4.75. The molecule has 1 N–H and O–H groups in total. The van der Waals surface area contributed by atoms with Gasteiger partial charge in [-0.3, -0.25) is 14.5 Å². The Morgan fingerprint density at radius 2 is 1.97 bits per heavy atom. The molecule has 0 unspecified atom stereocenters. The highest BCUT2D eigenvalue weighted by Gasteiger charge is 2.28. The lowest BCUT2D eigenvalue weighted by molar-refractivity contribution is -0.125. The lowest BCUT2D eigenvalue weighted by Crippen LogP contribution is -2.40. The van der Waals surface area contributed by atoms with Crippen molar-refractivity contribution in [3.63, 3.8) is 0 Å². The third-order valence-corrected chi connectivity index (χ3v) is 6.65. The molecule has 0 saturated carbocycles. The molecule has 2 aliphatic heterocycles. The highest BCUT2D eigenvalue weighted by Crippen LogP contribution is 2.31. The van der Waals surface area contributed by atoms with E-state index in [2.05, 4.69) is 39.5 Å². The number of anilines is 2. The van der Waals surface area contributed by atoms with Crippen molar-refractivity contribution in [2.75, 3.05) is 29.4 Å². The Balaban J connectivity index is 1.28. The molecule has 1 aromatic carbocycles. The fraction of sp³-hybridized carbons (Fsp3) is 0.524. The van der Waals surface area contributed by atoms with Gasteiger partial charge in [0.1, 0.15) is 0 Å². The summed E-state index contributed by atoms with van der Waals surface area (Å²) in [6, 6.07) is 8.21. The van der Waals surface area contributed by atoms with E-state index >= 15 is 0 Å². The molecule has 2 aromatic rings. The normalized spacial score (nSPS) is 18.2. The van der Waals surface area contributed by atoms with E-state index in [4.69, 9.17) is 0 Å². The van der Waals surface area contributed by atoms with Gasteiger partial charge in [0.05, 0.1) is 0 Å². The maximum atomic E-state index is 12.5. The molecule has 4 rings (SSSR count). The number of aromatic nitrogens is 2. The zero-order valence-electron chi connectivity index (χ0n) is 16.8. The Labute approximate surface area is 175 Å². The maximum Gasteiger partial charge on any atom is 0.228 e. The summed E-state index contributed by atoms with van der Waals surface area (Å²) in [7, 11) is 0. The van der Waals surface area contributed by atoms with Gasteiger partial charge in [-0.2, -0.15) is 0 Å². The highest BCUT2D eigenvalue weighted by atomic mass is 32.1. The van der Waals surface area contributed by atoms with Crippen LogP contribution in [0, 0.1) is 12.8 Å². The summed E-state index contributed by atoms with van der Waals surface area (Å²) in [5, 5.41) is 13.2. The summed E-state index contributed by atoms with van der Waals surface area (Å²) in [6.45, 7) is 4.93. The predicted octanol–water partition coefficient (Wildman–Crippen LogP) is 2.90. The Morgan fingerprint density at radius 3 is 2.72 bits per heavy atom. The number of nitrogens with one attached hydrogen (secondary N) is 1. The van der Waals surface area contributed by atoms with E-state index in [0.29, 0.717) is 18.1 Å². The summed E-state index contributed by atoms with van der Waals surface area (Å²) in [5.41, 5.74) is 2.33. The maximum absolute atomic E-state index is 12.5. The molecule has 0 spiro atoms. The van der Waals surface area contributed by atoms with E-state index in [9.17, 15) is 9.59 Å². The van der Waals surface area contributed by atoms with Crippen LogP contribution in [-0.4, -0.2) is 41.6 Å². The Kier molecular flexibility index (Phi) is 6.08. The van der Waals surface area contributed by atoms with Gasteiger partial charge in [-0.15, -0.1) is 10.2 Å². The first kappa shape index (κ1) is 19.8. The van der Waals surface area contributed by atoms with Gasteiger partial charge < -0.3 is 10.2 Å². The number of rotatable bonds is 5. The zero-order valence-corrected chi connectivity index (χ0v) is 17.6. The molecule has 2 fully saturated rings. The molecule has 0 bridgehead atoms. The van der Waals surface area contributed by atoms with Crippen LogP contribution in [0.1, 0.15) is 43.2 Å². The Bertz CT molecular complexity index is 875. The number of amides is 2. The summed E-state index contributed by atoms with van der Waals surface area (Å²) < 4.78 is 0. The third-order valence-electron chi connectivity index (χ3n) is 5.64. The first-order chi connectivity index (χ1) is 14.1. The van der Waals surface area contributed by atoms with Crippen molar-refractivity contribution < 1.29 is 9.59 Å². The molecule has 8 heteroatoms. The first-order valence-corrected chi connectivity index (χ1v) is 11.1. The highest BCUT2D eigenvalue weighted by molar-refractivity contribution is 7.19. The monoisotopic (exact) mass is 413 g/mol. The summed E-state index contributed by atoms with van der Waals surface area (Å²) in [6.07, 6.45) is 4.18. The van der Waals surface area contributed by atoms with Crippen LogP contribution in [0.25, 0.3) is 0 Å². The molecule has 0 radical (unpaired) electrons. The van der Waals surface area contributed by atoms with Crippen LogP contribution in [0.3, 0.4) is 0 Å². The van der Waals surface area contributed by atoms with Crippen molar-refractivity contribution in [2.45, 2.75) is 45.6 Å². The van der Waals surface area contributed by atoms with Crippen molar-refractivity contribution in [2.24, 2.45) is 5.92 Å². The second kappa shape index (κ2) is 8.90. The van der Waals surface area contributed by atoms with Gasteiger partial charge in [-0.25, -0.2) is 0 Å². The quantitative estimate of drug-likeness (QED) is 0.815. The van der Waals surface area contributed by atoms with Crippen molar-refractivity contribution in [3.05, 3.63) is 35.4 Å². The molecule has 2 saturated heterocycles. The summed E-state index contributed by atoms with van der Waals surface area (Å²) in [5.74, 6) is 0.304. The van der Waals surface area contributed by atoms with Crippen LogP contribution in [0.15, 0.2) is 24.3 Å². The van der Waals surface area contributed by atoms with Crippen LogP contribution >= 0.6 is 11.3 Å². The largest absolute Gasteiger partial charge is 0.352 e. The number of benzene rings is 1. The van der Waals surface area contributed by atoms with Crippen molar-refractivity contribution >= 4 is 33.4 Å². The van der Waals surface area contributed by atoms with Crippen molar-refractivity contribution in [1.29, 1.82) is 0 Å². The predicted molar refractivity (Wildman–Crippen MR) is 114 cm³/mol. The number of aryl methyl sites for hydroxylation is 1. The molecular formula is C21H27N5O2S. The van der Waals surface area contributed by atoms with Crippen LogP contribution in [-0.2, 0) is 16.1 Å². The Hall–Kier alpha value is -2.48. The van der Waals surface area contributed by atoms with Crippen molar-refractivity contribution in [1.82, 2.24) is 15.5 Å². The molecule has 1 aromatic heterocycles. The lowest BCUT2D eigenvalue weighted by Gasteiger charge is -2.30. The van der Waals surface area contributed by atoms with E-state index in [0.717, 1.165) is 56.0 Å². The van der Waals surface area contributed by atoms with Gasteiger partial charge in [0, 0.05) is 38.5 Å². The average Bonchev–Trinajstić information content (AvgIpc) is 3.22. The van der Waals surface area contributed by atoms with Crippen LogP contribution in [0.4, 0.5) is 10.3 Å². The fourth-order valence-corrected chi connectivity index (χ4v) is 4.88. The van der Waals surface area contributed by atoms with Gasteiger partial charge in [-0.05, 0) is 38.2 Å². The minimum atomic E-state index is 0.0344. The molecule has 0 atom stereocenters. The average molecular weight is 414 g/mol. The first-order valence-electron chi connectivity index (χ1n) is 10.3. The van der Waals surface area contributed by atoms with Crippen LogP contribution in [0.5, 0.6) is 0 Å². The second-order valence-electron chi connectivity index (χ2n) is 7.84. The molecular weight excluding hydrogens is 386 g/mol. The number of nitrogens with zero attached hydrogens (tertiary/aromatic N) is 4. The number of hydrogen-bond donors (Lipinski definition) is 1. The molecule has 0 aliphatic carbocycles. The van der Waals surface area contributed by atoms with E-state index in [1.54, 1.807) is 4.90 Å². The van der Waals surface area contributed by atoms with E-state index in [1.807, 2.05) is 12.1 Å². The SMILES string of the molecule is Cc1cccc(CNC(=O)C2CCN(c3nnc(N4CCCCC4=O)s3)CC2)c1. The summed E-state index contributed by atoms with van der Waals surface area (Å²) >= 11 is 1.48. The van der Waals surface area contributed by atoms with Gasteiger partial charge in [0.25, 0.3) is 0 Å². The molecule has 7 nitrogen and oxygen atoms in total. The molecule has 2 amide bonds. The fourth-order valence-electron chi connectivity index (χ4n) is 3.94. The zero-order chi connectivity index (χ0) is 20.2. The van der Waals surface area contributed by atoms with Gasteiger partial charge in [0.15, 0.2) is 0 Å². The van der Waals surface area contributed by atoms with E-state index < -0.39 is 0 Å². The standard InChI is InChI=1S/C21H27N5O2S/c1-15-5-4-6-16(13-15)14-22-19(28)17-8-11-25(12-9-17)20-23-24-21(29-20)26-10-3-2-7-18(26)27/h4-6,13,17H,2-3,7-12,14H2,1H3,(H,22,28). The Morgan fingerprint density at radius 1 is 1.17 bits per heavy atom. The van der Waals surface area contributed by atoms with E-state index in [-0.39, 0.29) is 17.7 Å². The molecule has 154 valence electrons. The van der Waals surface area contributed by atoms with Gasteiger partial charge in [-0.1, -0.05) is 41.2 Å². The van der Waals surface area contributed by atoms with Crippen LogP contribution in [0.2, 0.25) is 0 Å². The molecule has 2 aliphatic rings. The minimum absolute atomic E-state index is 0.0344. The van der Waals surface area contributed by atoms with Gasteiger partial charge >= 0.3 is 0 Å². The van der Waals surface area contributed by atoms with Crippen molar-refractivity contribution in [3.8, 4) is 0 Å². The number of carbonyl (C=O) groups excluding carboxylic acids is 2. The second-order valence-corrected chi connectivity index (χ2v) is 8.77. The van der Waals surface area contributed by atoms with Gasteiger partial charge in [0.2, 0.25) is 22.1 Å². The number of hydrogen-bond acceptors (Lipinski definition) is 6. The molecule has 29 heavy (non-hydrogen) atoms. The number of piperidine rings is 2. The topological polar surface area (TPSA) is 78.4 Å². The number of carbonyl (C=O) groups is 2. The van der Waals surface area contributed by atoms with Crippen LogP contribution < -0.4 is 15.1 Å². The molecule has 3 heterocycles.